The molecule has 6 heteroatoms. The number of nitrogens with two attached hydrogens (primary N) is 1. The van der Waals surface area contributed by atoms with Crippen molar-refractivity contribution in [1.29, 1.82) is 0 Å². The fraction of sp³-hybridized carbons (Fsp3) is 0.308. The van der Waals surface area contributed by atoms with Crippen LogP contribution in [0.2, 0.25) is 0 Å². The molecule has 2 heterocycles. The first-order valence-corrected chi connectivity index (χ1v) is 7.29. The van der Waals surface area contributed by atoms with Crippen molar-refractivity contribution in [1.82, 2.24) is 9.97 Å². The van der Waals surface area contributed by atoms with Crippen LogP contribution in [0.15, 0.2) is 24.5 Å². The first-order valence-electron chi connectivity index (χ1n) is 6.07. The van der Waals surface area contributed by atoms with Crippen molar-refractivity contribution >= 4 is 34.2 Å². The molecule has 2 rings (SSSR count). The smallest absolute Gasteiger partial charge is 0.122 e. The number of aryl methyl sites for hydroxylation is 1. The molecule has 1 unspecified atom stereocenters. The molecular weight excluding hydrogens is 276 g/mol. The van der Waals surface area contributed by atoms with Crippen LogP contribution in [0.25, 0.3) is 0 Å². The summed E-state index contributed by atoms with van der Waals surface area (Å²) in [6.45, 7) is 4.21. The van der Waals surface area contributed by atoms with Gasteiger partial charge >= 0.3 is 0 Å². The molecule has 0 aliphatic carbocycles. The van der Waals surface area contributed by atoms with Crippen molar-refractivity contribution in [3.63, 3.8) is 0 Å². The lowest BCUT2D eigenvalue weighted by Gasteiger charge is -2.13. The molecule has 0 amide bonds. The Morgan fingerprint density at radius 3 is 2.95 bits per heavy atom. The number of thiocarbonyl (C=S) groups is 1. The molecule has 3 N–H and O–H groups in total. The van der Waals surface area contributed by atoms with Gasteiger partial charge in [0.05, 0.1) is 11.7 Å². The van der Waals surface area contributed by atoms with Crippen LogP contribution in [0.3, 0.4) is 0 Å². The summed E-state index contributed by atoms with van der Waals surface area (Å²) in [6, 6.07) is 3.90. The lowest BCUT2D eigenvalue weighted by molar-refractivity contribution is 0.868. The van der Waals surface area contributed by atoms with Crippen molar-refractivity contribution in [2.75, 3.05) is 5.32 Å². The molecule has 4 nitrogen and oxygen atoms in total. The molecule has 0 bridgehead atoms. The Morgan fingerprint density at radius 1 is 1.53 bits per heavy atom. The van der Waals surface area contributed by atoms with E-state index in [0.29, 0.717) is 10.7 Å². The SMILES string of the molecule is CCc1cnc(C(C)Nc2ccnc(C(N)=S)c2)s1. The van der Waals surface area contributed by atoms with Crippen molar-refractivity contribution in [3.8, 4) is 0 Å². The monoisotopic (exact) mass is 292 g/mol. The van der Waals surface area contributed by atoms with E-state index in [1.165, 1.54) is 4.88 Å². The van der Waals surface area contributed by atoms with Gasteiger partial charge in [-0.2, -0.15) is 0 Å². The maximum absolute atomic E-state index is 5.58. The van der Waals surface area contributed by atoms with E-state index < -0.39 is 0 Å². The van der Waals surface area contributed by atoms with E-state index in [9.17, 15) is 0 Å². The van der Waals surface area contributed by atoms with Crippen molar-refractivity contribution in [3.05, 3.63) is 40.1 Å². The molecule has 0 saturated carbocycles. The standard InChI is InChI=1S/C13H16N4S2/c1-3-10-7-16-13(19-10)8(2)17-9-4-5-15-11(6-9)12(14)18/h4-8H,3H2,1-2H3,(H2,14,18)(H,15,17). The highest BCUT2D eigenvalue weighted by atomic mass is 32.1. The van der Waals surface area contributed by atoms with Gasteiger partial charge in [-0.25, -0.2) is 4.98 Å². The zero-order valence-corrected chi connectivity index (χ0v) is 12.5. The highest BCUT2D eigenvalue weighted by Gasteiger charge is 2.10. The van der Waals surface area contributed by atoms with Gasteiger partial charge in [0.1, 0.15) is 10.00 Å². The predicted molar refractivity (Wildman–Crippen MR) is 83.7 cm³/mol. The molecule has 0 aromatic carbocycles. The largest absolute Gasteiger partial charge is 0.388 e. The number of hydrogen-bond donors (Lipinski definition) is 2. The molecule has 19 heavy (non-hydrogen) atoms. The van der Waals surface area contributed by atoms with Crippen molar-refractivity contribution in [2.24, 2.45) is 5.73 Å². The molecule has 100 valence electrons. The van der Waals surface area contributed by atoms with Crippen molar-refractivity contribution < 1.29 is 0 Å². The Balaban J connectivity index is 2.12. The van der Waals surface area contributed by atoms with Crippen LogP contribution in [-0.2, 0) is 6.42 Å². The van der Waals surface area contributed by atoms with Crippen LogP contribution in [0, 0.1) is 0 Å². The minimum absolute atomic E-state index is 0.145. The molecule has 2 aromatic rings. The lowest BCUT2D eigenvalue weighted by Crippen LogP contribution is -2.12. The van der Waals surface area contributed by atoms with Crippen LogP contribution < -0.4 is 11.1 Å². The second-order valence-corrected chi connectivity index (χ2v) is 5.77. The second kappa shape index (κ2) is 6.08. The van der Waals surface area contributed by atoms with E-state index in [2.05, 4.69) is 29.1 Å². The van der Waals surface area contributed by atoms with Crippen LogP contribution in [-0.4, -0.2) is 15.0 Å². The number of anilines is 1. The number of nitrogens with zero attached hydrogens (tertiary/aromatic N) is 2. The van der Waals surface area contributed by atoms with Crippen LogP contribution in [0.5, 0.6) is 0 Å². The van der Waals surface area contributed by atoms with Gasteiger partial charge in [0.25, 0.3) is 0 Å². The molecular formula is C13H16N4S2. The summed E-state index contributed by atoms with van der Waals surface area (Å²) in [5.41, 5.74) is 7.15. The van der Waals surface area contributed by atoms with Gasteiger partial charge in [0, 0.05) is 23.0 Å². The van der Waals surface area contributed by atoms with E-state index in [0.717, 1.165) is 17.1 Å². The molecule has 1 atom stereocenters. The van der Waals surface area contributed by atoms with Crippen LogP contribution in [0.1, 0.15) is 35.5 Å². The van der Waals surface area contributed by atoms with Crippen molar-refractivity contribution in [2.45, 2.75) is 26.3 Å². The Hall–Kier alpha value is -1.53. The average Bonchev–Trinajstić information content (AvgIpc) is 2.88. The average molecular weight is 292 g/mol. The zero-order chi connectivity index (χ0) is 13.8. The summed E-state index contributed by atoms with van der Waals surface area (Å²) in [7, 11) is 0. The molecule has 0 spiro atoms. The van der Waals surface area contributed by atoms with Gasteiger partial charge in [0.15, 0.2) is 0 Å². The summed E-state index contributed by atoms with van der Waals surface area (Å²) in [4.78, 5) is 10.1. The van der Waals surface area contributed by atoms with Gasteiger partial charge in [0.2, 0.25) is 0 Å². The van der Waals surface area contributed by atoms with Gasteiger partial charge in [-0.1, -0.05) is 19.1 Å². The summed E-state index contributed by atoms with van der Waals surface area (Å²) < 4.78 is 0. The molecule has 0 aliphatic heterocycles. The molecule has 0 aliphatic rings. The highest BCUT2D eigenvalue weighted by Crippen LogP contribution is 2.24. The number of aromatic nitrogens is 2. The van der Waals surface area contributed by atoms with Crippen LogP contribution >= 0.6 is 23.6 Å². The quantitative estimate of drug-likeness (QED) is 0.830. The minimum atomic E-state index is 0.145. The maximum atomic E-state index is 5.58. The number of hydrogen-bond acceptors (Lipinski definition) is 5. The zero-order valence-electron chi connectivity index (χ0n) is 10.9. The molecule has 0 saturated heterocycles. The first kappa shape index (κ1) is 13.9. The third kappa shape index (κ3) is 3.48. The van der Waals surface area contributed by atoms with E-state index in [1.54, 1.807) is 17.5 Å². The summed E-state index contributed by atoms with van der Waals surface area (Å²) in [6.07, 6.45) is 4.65. The third-order valence-corrected chi connectivity index (χ3v) is 4.22. The fourth-order valence-corrected chi connectivity index (χ4v) is 2.62. The fourth-order valence-electron chi connectivity index (χ4n) is 1.65. The Kier molecular flexibility index (Phi) is 4.44. The van der Waals surface area contributed by atoms with E-state index in [4.69, 9.17) is 18.0 Å². The van der Waals surface area contributed by atoms with Gasteiger partial charge < -0.3 is 11.1 Å². The predicted octanol–water partition coefficient (Wildman–Crippen LogP) is 2.91. The molecule has 0 fully saturated rings. The van der Waals surface area contributed by atoms with E-state index in [1.807, 2.05) is 18.3 Å². The molecule has 0 radical (unpaired) electrons. The number of rotatable bonds is 5. The first-order chi connectivity index (χ1) is 9.10. The van der Waals surface area contributed by atoms with E-state index in [-0.39, 0.29) is 6.04 Å². The minimum Gasteiger partial charge on any atom is -0.388 e. The Bertz CT molecular complexity index is 580. The highest BCUT2D eigenvalue weighted by molar-refractivity contribution is 7.80. The summed E-state index contributed by atoms with van der Waals surface area (Å²) in [5.74, 6) is 0. The Morgan fingerprint density at radius 2 is 2.32 bits per heavy atom. The normalized spacial score (nSPS) is 12.1. The second-order valence-electron chi connectivity index (χ2n) is 4.18. The Labute approximate surface area is 122 Å². The lowest BCUT2D eigenvalue weighted by atomic mass is 10.2. The van der Waals surface area contributed by atoms with Gasteiger partial charge in [-0.05, 0) is 25.5 Å². The number of nitrogens with one attached hydrogen (secondary N) is 1. The summed E-state index contributed by atoms with van der Waals surface area (Å²) >= 11 is 6.66. The third-order valence-electron chi connectivity index (χ3n) is 2.69. The summed E-state index contributed by atoms with van der Waals surface area (Å²) in [5, 5.41) is 4.46. The van der Waals surface area contributed by atoms with Crippen LogP contribution in [0.4, 0.5) is 5.69 Å². The van der Waals surface area contributed by atoms with Gasteiger partial charge in [-0.15, -0.1) is 11.3 Å². The maximum Gasteiger partial charge on any atom is 0.122 e. The van der Waals surface area contributed by atoms with Gasteiger partial charge in [-0.3, -0.25) is 4.98 Å². The number of pyridine rings is 1. The van der Waals surface area contributed by atoms with E-state index >= 15 is 0 Å². The molecule has 2 aromatic heterocycles. The topological polar surface area (TPSA) is 63.8 Å². The number of thiazole rings is 1.